The molecule has 0 aliphatic carbocycles. The zero-order chi connectivity index (χ0) is 27.5. The standard InChI is InChI=1S/C29H24N2O7S/c1-18-14-23(19(2)30(18)21-9-10-26-27(16-21)37-13-12-36-26)25(32)17-38-29(33)20-8-11-28(24(15-20)31(34)35)39-22-6-4-3-5-7-22/h3-11,14-16H,12-13,17H2,1-2H3. The first-order valence-electron chi connectivity index (χ1n) is 12.1. The van der Waals surface area contributed by atoms with E-state index < -0.39 is 17.5 Å². The molecule has 10 heteroatoms. The van der Waals surface area contributed by atoms with Gasteiger partial charge in [0.1, 0.15) is 13.2 Å². The van der Waals surface area contributed by atoms with Crippen LogP contribution < -0.4 is 9.47 Å². The number of hydrogen-bond acceptors (Lipinski definition) is 8. The Morgan fingerprint density at radius 2 is 1.72 bits per heavy atom. The van der Waals surface area contributed by atoms with Crippen molar-refractivity contribution in [2.75, 3.05) is 19.8 Å². The second-order valence-electron chi connectivity index (χ2n) is 8.80. The highest BCUT2D eigenvalue weighted by Crippen LogP contribution is 2.36. The zero-order valence-electron chi connectivity index (χ0n) is 21.2. The number of aromatic nitrogens is 1. The molecule has 0 spiro atoms. The van der Waals surface area contributed by atoms with Crippen molar-refractivity contribution in [3.63, 3.8) is 0 Å². The van der Waals surface area contributed by atoms with Crippen molar-refractivity contribution >= 4 is 29.2 Å². The maximum absolute atomic E-state index is 13.0. The van der Waals surface area contributed by atoms with E-state index in [4.69, 9.17) is 14.2 Å². The molecule has 1 aromatic heterocycles. The van der Waals surface area contributed by atoms with Gasteiger partial charge in [-0.3, -0.25) is 14.9 Å². The van der Waals surface area contributed by atoms with E-state index in [1.165, 1.54) is 30.0 Å². The number of fused-ring (bicyclic) bond motifs is 1. The lowest BCUT2D eigenvalue weighted by Crippen LogP contribution is -2.16. The third-order valence-electron chi connectivity index (χ3n) is 6.21. The fourth-order valence-corrected chi connectivity index (χ4v) is 5.32. The molecular weight excluding hydrogens is 520 g/mol. The van der Waals surface area contributed by atoms with E-state index >= 15 is 0 Å². The van der Waals surface area contributed by atoms with Crippen molar-refractivity contribution in [3.8, 4) is 17.2 Å². The van der Waals surface area contributed by atoms with Crippen LogP contribution in [0.25, 0.3) is 5.69 Å². The minimum Gasteiger partial charge on any atom is -0.486 e. The van der Waals surface area contributed by atoms with Gasteiger partial charge in [-0.2, -0.15) is 0 Å². The SMILES string of the molecule is Cc1cc(C(=O)COC(=O)c2ccc(Sc3ccccc3)c([N+](=O)[O-])c2)c(C)n1-c1ccc2c(c1)OCCO2. The summed E-state index contributed by atoms with van der Waals surface area (Å²) in [5.74, 6) is 0.104. The molecule has 1 aliphatic heterocycles. The van der Waals surface area contributed by atoms with Crippen molar-refractivity contribution < 1.29 is 28.7 Å². The molecule has 4 aromatic rings. The van der Waals surface area contributed by atoms with Crippen LogP contribution in [-0.2, 0) is 4.74 Å². The number of nitro benzene ring substituents is 1. The molecular formula is C29H24N2O7S. The van der Waals surface area contributed by atoms with Crippen molar-refractivity contribution in [1.29, 1.82) is 0 Å². The van der Waals surface area contributed by atoms with Crippen LogP contribution in [0.3, 0.4) is 0 Å². The average molecular weight is 545 g/mol. The van der Waals surface area contributed by atoms with Crippen molar-refractivity contribution in [3.05, 3.63) is 105 Å². The van der Waals surface area contributed by atoms with Gasteiger partial charge in [0.15, 0.2) is 18.1 Å². The van der Waals surface area contributed by atoms with E-state index in [1.807, 2.05) is 66.9 Å². The molecule has 2 heterocycles. The number of benzene rings is 3. The zero-order valence-corrected chi connectivity index (χ0v) is 22.0. The Labute approximate surface area is 228 Å². The molecule has 0 atom stereocenters. The summed E-state index contributed by atoms with van der Waals surface area (Å²) in [4.78, 5) is 38.1. The maximum Gasteiger partial charge on any atom is 0.338 e. The van der Waals surface area contributed by atoms with Gasteiger partial charge in [-0.25, -0.2) is 4.79 Å². The molecule has 1 aliphatic rings. The number of carbonyl (C=O) groups is 2. The number of carbonyl (C=O) groups excluding carboxylic acids is 2. The minimum absolute atomic E-state index is 0.00587. The quantitative estimate of drug-likeness (QED) is 0.116. The van der Waals surface area contributed by atoms with Crippen LogP contribution in [0, 0.1) is 24.0 Å². The fourth-order valence-electron chi connectivity index (χ4n) is 4.39. The number of nitro groups is 1. The first-order valence-corrected chi connectivity index (χ1v) is 12.9. The Kier molecular flexibility index (Phi) is 7.38. The number of ether oxygens (including phenoxy) is 3. The van der Waals surface area contributed by atoms with Gasteiger partial charge in [-0.1, -0.05) is 30.0 Å². The van der Waals surface area contributed by atoms with Gasteiger partial charge >= 0.3 is 5.97 Å². The monoisotopic (exact) mass is 544 g/mol. The Hall–Kier alpha value is -4.57. The molecule has 0 saturated heterocycles. The third-order valence-corrected chi connectivity index (χ3v) is 7.29. The molecule has 0 unspecified atom stereocenters. The lowest BCUT2D eigenvalue weighted by Gasteiger charge is -2.20. The Balaban J connectivity index is 1.30. The first-order chi connectivity index (χ1) is 18.8. The minimum atomic E-state index is -0.816. The van der Waals surface area contributed by atoms with Gasteiger partial charge in [-0.05, 0) is 56.3 Å². The summed E-state index contributed by atoms with van der Waals surface area (Å²) in [7, 11) is 0. The predicted octanol–water partition coefficient (Wildman–Crippen LogP) is 5.96. The Morgan fingerprint density at radius 1 is 0.974 bits per heavy atom. The highest BCUT2D eigenvalue weighted by atomic mass is 32.2. The van der Waals surface area contributed by atoms with E-state index in [2.05, 4.69) is 0 Å². The average Bonchev–Trinajstić information content (AvgIpc) is 3.25. The van der Waals surface area contributed by atoms with Crippen LogP contribution in [0.1, 0.15) is 32.1 Å². The second kappa shape index (κ2) is 11.0. The number of hydrogen-bond donors (Lipinski definition) is 0. The Morgan fingerprint density at radius 3 is 2.46 bits per heavy atom. The molecule has 0 saturated carbocycles. The third kappa shape index (κ3) is 5.51. The van der Waals surface area contributed by atoms with Gasteiger partial charge < -0.3 is 18.8 Å². The summed E-state index contributed by atoms with van der Waals surface area (Å²) in [5.41, 5.74) is 2.51. The molecule has 3 aromatic carbocycles. The van der Waals surface area contributed by atoms with E-state index in [1.54, 1.807) is 6.07 Å². The summed E-state index contributed by atoms with van der Waals surface area (Å²) >= 11 is 1.22. The predicted molar refractivity (Wildman–Crippen MR) is 145 cm³/mol. The molecule has 39 heavy (non-hydrogen) atoms. The van der Waals surface area contributed by atoms with Gasteiger partial charge in [0.25, 0.3) is 5.69 Å². The smallest absolute Gasteiger partial charge is 0.338 e. The van der Waals surface area contributed by atoms with Crippen LogP contribution in [-0.4, -0.2) is 41.1 Å². The number of nitrogens with zero attached hydrogens (tertiary/aromatic N) is 2. The van der Waals surface area contributed by atoms with Crippen molar-refractivity contribution in [2.45, 2.75) is 23.6 Å². The second-order valence-corrected chi connectivity index (χ2v) is 9.92. The maximum atomic E-state index is 13.0. The molecule has 0 bridgehead atoms. The van der Waals surface area contributed by atoms with Gasteiger partial charge in [0.2, 0.25) is 5.78 Å². The van der Waals surface area contributed by atoms with E-state index in [9.17, 15) is 19.7 Å². The van der Waals surface area contributed by atoms with Crippen LogP contribution >= 0.6 is 11.8 Å². The lowest BCUT2D eigenvalue weighted by molar-refractivity contribution is -0.387. The number of aryl methyl sites for hydroxylation is 1. The summed E-state index contributed by atoms with van der Waals surface area (Å²) in [6.45, 7) is 4.15. The van der Waals surface area contributed by atoms with Gasteiger partial charge in [0.05, 0.1) is 15.4 Å². The van der Waals surface area contributed by atoms with Crippen LogP contribution in [0.5, 0.6) is 11.5 Å². The van der Waals surface area contributed by atoms with Crippen LogP contribution in [0.2, 0.25) is 0 Å². The summed E-state index contributed by atoms with van der Waals surface area (Å²) in [6.07, 6.45) is 0. The normalized spacial score (nSPS) is 12.2. The largest absolute Gasteiger partial charge is 0.486 e. The molecule has 0 radical (unpaired) electrons. The van der Waals surface area contributed by atoms with E-state index in [0.29, 0.717) is 40.9 Å². The molecule has 0 amide bonds. The summed E-state index contributed by atoms with van der Waals surface area (Å²) in [6, 6.07) is 20.7. The molecule has 0 N–H and O–H groups in total. The summed E-state index contributed by atoms with van der Waals surface area (Å²) in [5, 5.41) is 11.7. The number of ketones is 1. The molecule has 5 rings (SSSR count). The summed E-state index contributed by atoms with van der Waals surface area (Å²) < 4.78 is 18.4. The van der Waals surface area contributed by atoms with E-state index in [-0.39, 0.29) is 17.0 Å². The first kappa shape index (κ1) is 26.1. The van der Waals surface area contributed by atoms with Gasteiger partial charge in [0, 0.05) is 39.7 Å². The van der Waals surface area contributed by atoms with Crippen molar-refractivity contribution in [1.82, 2.24) is 4.57 Å². The topological polar surface area (TPSA) is 110 Å². The lowest BCUT2D eigenvalue weighted by atomic mass is 10.1. The number of Topliss-reactive ketones (excluding diaryl/α,β-unsaturated/α-hetero) is 1. The molecule has 9 nitrogen and oxygen atoms in total. The highest BCUT2D eigenvalue weighted by molar-refractivity contribution is 7.99. The fraction of sp³-hybridized carbons (Fsp3) is 0.172. The number of esters is 1. The van der Waals surface area contributed by atoms with Crippen molar-refractivity contribution in [2.24, 2.45) is 0 Å². The molecule has 198 valence electrons. The van der Waals surface area contributed by atoms with E-state index in [0.717, 1.165) is 16.3 Å². The van der Waals surface area contributed by atoms with Crippen LogP contribution in [0.15, 0.2) is 82.6 Å². The van der Waals surface area contributed by atoms with Crippen LogP contribution in [0.4, 0.5) is 5.69 Å². The Bertz CT molecular complexity index is 1580. The molecule has 0 fully saturated rings. The number of rotatable bonds is 8. The van der Waals surface area contributed by atoms with Gasteiger partial charge in [-0.15, -0.1) is 0 Å². The highest BCUT2D eigenvalue weighted by Gasteiger charge is 2.22.